The van der Waals surface area contributed by atoms with Crippen molar-refractivity contribution in [3.8, 4) is 11.5 Å². The molecule has 4 amide bonds. The maximum Gasteiger partial charge on any atom is 0.234 e. The fourth-order valence-electron chi connectivity index (χ4n) is 7.97. The van der Waals surface area contributed by atoms with Crippen LogP contribution in [0.15, 0.2) is 90.5 Å². The summed E-state index contributed by atoms with van der Waals surface area (Å²) in [5.74, 6) is -4.36. The standard InChI is InChI=1S/C36H34N2O6/c1-2-44-28-15-9-14-24(32(28)39)29-23-16-17-25-30(35(42)37(33(25)40)19-21-10-5-3-6-11-21)26(23)18-27-31(29)36(43)38(34(27)41)20-22-12-7-4-8-13-22/h3-16,25-27,29-31,39H,2,17-20H2,1H3/t25-,26+,27+,29+,30-,31+/m0/s1. The molecule has 0 spiro atoms. The molecule has 2 aliphatic heterocycles. The van der Waals surface area contributed by atoms with Crippen molar-refractivity contribution in [2.24, 2.45) is 29.6 Å². The van der Waals surface area contributed by atoms with Gasteiger partial charge in [-0.05, 0) is 42.9 Å². The van der Waals surface area contributed by atoms with E-state index in [1.807, 2.05) is 73.7 Å². The molecule has 2 heterocycles. The zero-order chi connectivity index (χ0) is 30.5. The van der Waals surface area contributed by atoms with Crippen LogP contribution in [0.3, 0.4) is 0 Å². The van der Waals surface area contributed by atoms with Crippen LogP contribution in [0.25, 0.3) is 0 Å². The summed E-state index contributed by atoms with van der Waals surface area (Å²) >= 11 is 0. The highest BCUT2D eigenvalue weighted by Crippen LogP contribution is 2.59. The summed E-state index contributed by atoms with van der Waals surface area (Å²) in [6.07, 6.45) is 2.66. The number of allylic oxidation sites excluding steroid dienone is 2. The topological polar surface area (TPSA) is 104 Å². The zero-order valence-electron chi connectivity index (χ0n) is 24.5. The van der Waals surface area contributed by atoms with Gasteiger partial charge in [-0.1, -0.05) is 84.4 Å². The average Bonchev–Trinajstić information content (AvgIpc) is 3.42. The maximum absolute atomic E-state index is 14.2. The van der Waals surface area contributed by atoms with Gasteiger partial charge in [0.2, 0.25) is 23.6 Å². The van der Waals surface area contributed by atoms with Crippen molar-refractivity contribution in [1.82, 2.24) is 9.80 Å². The van der Waals surface area contributed by atoms with Crippen molar-refractivity contribution in [3.63, 3.8) is 0 Å². The van der Waals surface area contributed by atoms with Gasteiger partial charge in [0.05, 0.1) is 43.4 Å². The molecular formula is C36H34N2O6. The normalized spacial score (nSPS) is 27.6. The van der Waals surface area contributed by atoms with E-state index < -0.39 is 35.5 Å². The predicted molar refractivity (Wildman–Crippen MR) is 161 cm³/mol. The van der Waals surface area contributed by atoms with Gasteiger partial charge in [-0.15, -0.1) is 0 Å². The van der Waals surface area contributed by atoms with Gasteiger partial charge in [0, 0.05) is 11.5 Å². The van der Waals surface area contributed by atoms with E-state index in [0.717, 1.165) is 16.7 Å². The van der Waals surface area contributed by atoms with Crippen molar-refractivity contribution in [3.05, 3.63) is 107 Å². The molecule has 8 nitrogen and oxygen atoms in total. The SMILES string of the molecule is CCOc1cccc([C@H]2C3=CC[C@@H]4C(=O)N(Cc5ccccc5)C(=O)[C@@H]4[C@@H]3C[C@H]3C(=O)N(Cc4ccccc4)C(=O)[C@@H]23)c1O. The average molecular weight is 591 g/mol. The number of para-hydroxylation sites is 1. The summed E-state index contributed by atoms with van der Waals surface area (Å²) in [5.41, 5.74) is 3.06. The quantitative estimate of drug-likeness (QED) is 0.312. The maximum atomic E-state index is 14.2. The molecule has 2 saturated heterocycles. The van der Waals surface area contributed by atoms with Crippen molar-refractivity contribution in [2.75, 3.05) is 6.61 Å². The summed E-state index contributed by atoms with van der Waals surface area (Å²) in [6, 6.07) is 24.1. The molecule has 3 aromatic carbocycles. The van der Waals surface area contributed by atoms with Crippen molar-refractivity contribution in [1.29, 1.82) is 0 Å². The number of nitrogens with zero attached hydrogens (tertiary/aromatic N) is 2. The Hall–Kier alpha value is -4.72. The molecule has 7 rings (SSSR count). The molecule has 0 radical (unpaired) electrons. The number of phenolic OH excluding ortho intramolecular Hbond substituents is 1. The molecule has 8 heteroatoms. The Morgan fingerprint density at radius 2 is 1.30 bits per heavy atom. The number of hydrogen-bond donors (Lipinski definition) is 1. The number of carbonyl (C=O) groups excluding carboxylic acids is 4. The highest BCUT2D eigenvalue weighted by molar-refractivity contribution is 6.08. The molecule has 6 atom stereocenters. The number of rotatable bonds is 7. The molecule has 44 heavy (non-hydrogen) atoms. The Labute approximate surface area is 255 Å². The second-order valence-electron chi connectivity index (χ2n) is 12.1. The van der Waals surface area contributed by atoms with Crippen LogP contribution in [-0.4, -0.2) is 45.1 Å². The summed E-state index contributed by atoms with van der Waals surface area (Å²) < 4.78 is 5.70. The first kappa shape index (κ1) is 28.1. The second-order valence-corrected chi connectivity index (χ2v) is 12.1. The van der Waals surface area contributed by atoms with Gasteiger partial charge in [-0.25, -0.2) is 0 Å². The largest absolute Gasteiger partial charge is 0.504 e. The highest BCUT2D eigenvalue weighted by Gasteiger charge is 2.62. The molecule has 2 aliphatic carbocycles. The monoisotopic (exact) mass is 590 g/mol. The second kappa shape index (κ2) is 11.1. The summed E-state index contributed by atoms with van der Waals surface area (Å²) in [5, 5.41) is 11.4. The predicted octanol–water partition coefficient (Wildman–Crippen LogP) is 4.83. The third-order valence-corrected chi connectivity index (χ3v) is 9.86. The van der Waals surface area contributed by atoms with E-state index >= 15 is 0 Å². The molecule has 0 unspecified atom stereocenters. The van der Waals surface area contributed by atoms with Gasteiger partial charge in [0.15, 0.2) is 11.5 Å². The van der Waals surface area contributed by atoms with Crippen LogP contribution in [0.4, 0.5) is 0 Å². The summed E-state index contributed by atoms with van der Waals surface area (Å²) in [6.45, 7) is 2.52. The molecule has 0 bridgehead atoms. The van der Waals surface area contributed by atoms with E-state index in [2.05, 4.69) is 0 Å². The van der Waals surface area contributed by atoms with E-state index in [0.29, 0.717) is 30.8 Å². The van der Waals surface area contributed by atoms with E-state index in [1.54, 1.807) is 18.2 Å². The number of fused-ring (bicyclic) bond motifs is 4. The van der Waals surface area contributed by atoms with E-state index in [4.69, 9.17) is 4.74 Å². The minimum atomic E-state index is -0.735. The lowest BCUT2D eigenvalue weighted by molar-refractivity contribution is -0.142. The number of ether oxygens (including phenoxy) is 1. The first-order valence-corrected chi connectivity index (χ1v) is 15.3. The molecular weight excluding hydrogens is 556 g/mol. The Balaban J connectivity index is 1.30. The number of imide groups is 2. The first-order chi connectivity index (χ1) is 21.4. The Morgan fingerprint density at radius 1 is 0.705 bits per heavy atom. The molecule has 0 aromatic heterocycles. The minimum absolute atomic E-state index is 0.0666. The number of benzene rings is 3. The smallest absolute Gasteiger partial charge is 0.234 e. The van der Waals surface area contributed by atoms with Gasteiger partial charge in [-0.2, -0.15) is 0 Å². The van der Waals surface area contributed by atoms with Crippen LogP contribution in [-0.2, 0) is 32.3 Å². The molecule has 3 aromatic rings. The third-order valence-electron chi connectivity index (χ3n) is 9.86. The molecule has 1 saturated carbocycles. The first-order valence-electron chi connectivity index (χ1n) is 15.3. The number of amides is 4. The van der Waals surface area contributed by atoms with Crippen molar-refractivity contribution < 1.29 is 29.0 Å². The summed E-state index contributed by atoms with van der Waals surface area (Å²) in [7, 11) is 0. The fourth-order valence-corrected chi connectivity index (χ4v) is 7.97. The molecule has 4 aliphatic rings. The van der Waals surface area contributed by atoms with Crippen LogP contribution in [0, 0.1) is 29.6 Å². The third kappa shape index (κ3) is 4.43. The Bertz CT molecular complexity index is 1670. The van der Waals surface area contributed by atoms with Crippen molar-refractivity contribution >= 4 is 23.6 Å². The number of phenols is 1. The van der Waals surface area contributed by atoms with Gasteiger partial charge in [0.1, 0.15) is 0 Å². The van der Waals surface area contributed by atoms with E-state index in [-0.39, 0.29) is 42.5 Å². The molecule has 224 valence electrons. The van der Waals surface area contributed by atoms with Crippen LogP contribution < -0.4 is 4.74 Å². The lowest BCUT2D eigenvalue weighted by Crippen LogP contribution is -2.43. The van der Waals surface area contributed by atoms with Gasteiger partial charge >= 0.3 is 0 Å². The zero-order valence-corrected chi connectivity index (χ0v) is 24.5. The van der Waals surface area contributed by atoms with E-state index in [9.17, 15) is 24.3 Å². The van der Waals surface area contributed by atoms with Gasteiger partial charge < -0.3 is 9.84 Å². The van der Waals surface area contributed by atoms with Crippen LogP contribution in [0.1, 0.15) is 42.4 Å². The lowest BCUT2D eigenvalue weighted by atomic mass is 9.57. The number of hydrogen-bond acceptors (Lipinski definition) is 6. The highest BCUT2D eigenvalue weighted by atomic mass is 16.5. The van der Waals surface area contributed by atoms with Crippen LogP contribution >= 0.6 is 0 Å². The Morgan fingerprint density at radius 3 is 1.91 bits per heavy atom. The van der Waals surface area contributed by atoms with Gasteiger partial charge in [0.25, 0.3) is 0 Å². The van der Waals surface area contributed by atoms with E-state index in [1.165, 1.54) is 9.80 Å². The molecule has 3 fully saturated rings. The number of carbonyl (C=O) groups is 4. The number of aromatic hydroxyl groups is 1. The number of likely N-dealkylation sites (tertiary alicyclic amines) is 2. The van der Waals surface area contributed by atoms with Crippen LogP contribution in [0.5, 0.6) is 11.5 Å². The van der Waals surface area contributed by atoms with Crippen LogP contribution in [0.2, 0.25) is 0 Å². The Kier molecular flexibility index (Phi) is 7.07. The van der Waals surface area contributed by atoms with Crippen molar-refractivity contribution in [2.45, 2.75) is 38.8 Å². The minimum Gasteiger partial charge on any atom is -0.504 e. The molecule has 1 N–H and O–H groups in total. The summed E-state index contributed by atoms with van der Waals surface area (Å²) in [4.78, 5) is 58.6. The van der Waals surface area contributed by atoms with Gasteiger partial charge in [-0.3, -0.25) is 29.0 Å². The lowest BCUT2D eigenvalue weighted by Gasteiger charge is -2.44. The fraction of sp³-hybridized carbons (Fsp3) is 0.333.